The number of esters is 1. The van der Waals surface area contributed by atoms with Crippen molar-refractivity contribution in [2.45, 2.75) is 4.83 Å². The zero-order valence-corrected chi connectivity index (χ0v) is 10.3. The van der Waals surface area contributed by atoms with Crippen molar-refractivity contribution in [3.8, 4) is 0 Å². The Balaban J connectivity index is 2.64. The third-order valence-electron chi connectivity index (χ3n) is 2.33. The molecule has 1 aromatic carbocycles. The first kappa shape index (κ1) is 12.0. The van der Waals surface area contributed by atoms with E-state index in [-0.39, 0.29) is 5.58 Å². The Kier molecular flexibility index (Phi) is 3.15. The van der Waals surface area contributed by atoms with Crippen LogP contribution in [0.15, 0.2) is 22.8 Å². The van der Waals surface area contributed by atoms with E-state index in [0.29, 0.717) is 5.39 Å². The quantitative estimate of drug-likeness (QED) is 0.631. The second-order valence-electron chi connectivity index (χ2n) is 3.31. The molecule has 0 saturated carbocycles. The zero-order valence-electron chi connectivity index (χ0n) is 8.67. The van der Waals surface area contributed by atoms with E-state index < -0.39 is 28.0 Å². The van der Waals surface area contributed by atoms with Crippen molar-refractivity contribution in [2.75, 3.05) is 7.11 Å². The van der Waals surface area contributed by atoms with Gasteiger partial charge in [0, 0.05) is 5.39 Å². The first-order chi connectivity index (χ1) is 8.06. The summed E-state index contributed by atoms with van der Waals surface area (Å²) in [6.45, 7) is 0. The molecule has 0 N–H and O–H groups in total. The molecule has 0 aliphatic rings. The van der Waals surface area contributed by atoms with Gasteiger partial charge in [-0.2, -0.15) is 0 Å². The van der Waals surface area contributed by atoms with E-state index in [9.17, 15) is 13.6 Å². The Morgan fingerprint density at radius 2 is 2.24 bits per heavy atom. The summed E-state index contributed by atoms with van der Waals surface area (Å²) in [5, 5.41) is 0.299. The van der Waals surface area contributed by atoms with Crippen molar-refractivity contribution in [3.63, 3.8) is 0 Å². The Bertz CT molecular complexity index is 579. The van der Waals surface area contributed by atoms with Crippen LogP contribution in [-0.2, 0) is 9.53 Å². The summed E-state index contributed by atoms with van der Waals surface area (Å²) in [6.07, 6.45) is 1.25. The molecule has 0 amide bonds. The molecule has 2 aromatic rings. The number of methoxy groups -OCH3 is 1. The Morgan fingerprint density at radius 3 is 2.88 bits per heavy atom. The van der Waals surface area contributed by atoms with E-state index in [1.807, 2.05) is 0 Å². The molecule has 1 heterocycles. The molecule has 90 valence electrons. The predicted molar refractivity (Wildman–Crippen MR) is 59.8 cm³/mol. The van der Waals surface area contributed by atoms with Crippen molar-refractivity contribution < 1.29 is 22.7 Å². The molecule has 0 aliphatic carbocycles. The minimum atomic E-state index is -1.21. The highest BCUT2D eigenvalue weighted by Gasteiger charge is 2.27. The fourth-order valence-electron chi connectivity index (χ4n) is 1.51. The van der Waals surface area contributed by atoms with Gasteiger partial charge >= 0.3 is 5.97 Å². The lowest BCUT2D eigenvalue weighted by atomic mass is 10.1. The summed E-state index contributed by atoms with van der Waals surface area (Å²) in [6, 6.07) is 2.54. The van der Waals surface area contributed by atoms with Crippen LogP contribution in [0.4, 0.5) is 8.78 Å². The predicted octanol–water partition coefficient (Wildman–Crippen LogP) is 3.32. The molecule has 6 heteroatoms. The SMILES string of the molecule is COC(=O)C(Br)c1c(F)cc2ccoc2c1F. The van der Waals surface area contributed by atoms with Crippen LogP contribution >= 0.6 is 15.9 Å². The number of hydrogen-bond donors (Lipinski definition) is 0. The van der Waals surface area contributed by atoms with E-state index >= 15 is 0 Å². The Hall–Kier alpha value is -1.43. The van der Waals surface area contributed by atoms with Crippen LogP contribution in [0.3, 0.4) is 0 Å². The lowest BCUT2D eigenvalue weighted by Crippen LogP contribution is -2.11. The molecule has 1 atom stereocenters. The minimum absolute atomic E-state index is 0.0882. The first-order valence-corrected chi connectivity index (χ1v) is 5.54. The van der Waals surface area contributed by atoms with Gasteiger partial charge in [-0.15, -0.1) is 0 Å². The van der Waals surface area contributed by atoms with E-state index in [0.717, 1.165) is 13.2 Å². The van der Waals surface area contributed by atoms with Gasteiger partial charge in [0.15, 0.2) is 11.4 Å². The molecule has 0 aliphatic heterocycles. The van der Waals surface area contributed by atoms with Gasteiger partial charge in [0.05, 0.1) is 18.9 Å². The van der Waals surface area contributed by atoms with Gasteiger partial charge in [-0.05, 0) is 12.1 Å². The van der Waals surface area contributed by atoms with Gasteiger partial charge in [-0.1, -0.05) is 15.9 Å². The van der Waals surface area contributed by atoms with Crippen LogP contribution in [0.5, 0.6) is 0 Å². The summed E-state index contributed by atoms with van der Waals surface area (Å²) < 4.78 is 36.9. The highest BCUT2D eigenvalue weighted by Crippen LogP contribution is 2.33. The highest BCUT2D eigenvalue weighted by molar-refractivity contribution is 9.09. The number of halogens is 3. The maximum Gasteiger partial charge on any atom is 0.324 e. The molecular formula is C11H7BrF2O3. The molecule has 0 saturated heterocycles. The Morgan fingerprint density at radius 1 is 1.53 bits per heavy atom. The normalized spacial score (nSPS) is 12.7. The second-order valence-corrected chi connectivity index (χ2v) is 4.23. The lowest BCUT2D eigenvalue weighted by molar-refractivity contribution is -0.140. The average Bonchev–Trinajstić information content (AvgIpc) is 2.75. The summed E-state index contributed by atoms with van der Waals surface area (Å²) in [4.78, 5) is 10.1. The monoisotopic (exact) mass is 304 g/mol. The van der Waals surface area contributed by atoms with Crippen LogP contribution in [-0.4, -0.2) is 13.1 Å². The van der Waals surface area contributed by atoms with Gasteiger partial charge in [-0.25, -0.2) is 8.78 Å². The Labute approximate surface area is 103 Å². The number of rotatable bonds is 2. The molecule has 1 aromatic heterocycles. The van der Waals surface area contributed by atoms with E-state index in [2.05, 4.69) is 20.7 Å². The minimum Gasteiger partial charge on any atom is -0.468 e. The largest absolute Gasteiger partial charge is 0.468 e. The van der Waals surface area contributed by atoms with E-state index in [4.69, 9.17) is 4.42 Å². The number of alkyl halides is 1. The third kappa shape index (κ3) is 1.93. The molecule has 3 nitrogen and oxygen atoms in total. The maximum atomic E-state index is 13.9. The number of ether oxygens (including phenoxy) is 1. The summed E-state index contributed by atoms with van der Waals surface area (Å²) in [5.74, 6) is -2.52. The molecule has 0 spiro atoms. The van der Waals surface area contributed by atoms with Crippen LogP contribution in [0.2, 0.25) is 0 Å². The van der Waals surface area contributed by atoms with E-state index in [1.54, 1.807) is 0 Å². The van der Waals surface area contributed by atoms with Gasteiger partial charge in [0.1, 0.15) is 10.6 Å². The van der Waals surface area contributed by atoms with Crippen molar-refractivity contribution in [3.05, 3.63) is 35.6 Å². The standard InChI is InChI=1S/C11H7BrF2O3/c1-16-11(15)8(12)7-6(13)4-5-2-3-17-10(5)9(7)14/h2-4,8H,1H3. The lowest BCUT2D eigenvalue weighted by Gasteiger charge is -2.10. The zero-order chi connectivity index (χ0) is 12.6. The molecule has 17 heavy (non-hydrogen) atoms. The van der Waals surface area contributed by atoms with Crippen molar-refractivity contribution in [1.82, 2.24) is 0 Å². The summed E-state index contributed by atoms with van der Waals surface area (Å²) in [5.41, 5.74) is -0.506. The maximum absolute atomic E-state index is 13.9. The molecule has 0 bridgehead atoms. The molecular weight excluding hydrogens is 298 g/mol. The number of furan rings is 1. The second kappa shape index (κ2) is 4.44. The van der Waals surface area contributed by atoms with Gasteiger partial charge in [0.2, 0.25) is 0 Å². The first-order valence-electron chi connectivity index (χ1n) is 4.63. The average molecular weight is 305 g/mol. The van der Waals surface area contributed by atoms with Crippen LogP contribution in [0.25, 0.3) is 11.0 Å². The van der Waals surface area contributed by atoms with Crippen LogP contribution < -0.4 is 0 Å². The third-order valence-corrected chi connectivity index (χ3v) is 3.16. The molecule has 0 fully saturated rings. The topological polar surface area (TPSA) is 39.4 Å². The molecule has 2 rings (SSSR count). The van der Waals surface area contributed by atoms with Crippen molar-refractivity contribution in [2.24, 2.45) is 0 Å². The van der Waals surface area contributed by atoms with Gasteiger partial charge in [0.25, 0.3) is 0 Å². The fraction of sp³-hybridized carbons (Fsp3) is 0.182. The van der Waals surface area contributed by atoms with E-state index in [1.165, 1.54) is 12.3 Å². The van der Waals surface area contributed by atoms with Crippen LogP contribution in [0, 0.1) is 11.6 Å². The summed E-state index contributed by atoms with van der Waals surface area (Å²) >= 11 is 2.89. The highest BCUT2D eigenvalue weighted by atomic mass is 79.9. The molecule has 0 radical (unpaired) electrons. The summed E-state index contributed by atoms with van der Waals surface area (Å²) in [7, 11) is 1.14. The van der Waals surface area contributed by atoms with Crippen molar-refractivity contribution >= 4 is 32.9 Å². The smallest absolute Gasteiger partial charge is 0.324 e. The number of hydrogen-bond acceptors (Lipinski definition) is 3. The number of carbonyl (C=O) groups is 1. The van der Waals surface area contributed by atoms with Gasteiger partial charge in [-0.3, -0.25) is 4.79 Å². The van der Waals surface area contributed by atoms with Gasteiger partial charge < -0.3 is 9.15 Å². The van der Waals surface area contributed by atoms with Crippen LogP contribution in [0.1, 0.15) is 10.4 Å². The number of fused-ring (bicyclic) bond motifs is 1. The number of benzene rings is 1. The fourth-order valence-corrected chi connectivity index (χ4v) is 2.11. The van der Waals surface area contributed by atoms with Crippen molar-refractivity contribution in [1.29, 1.82) is 0 Å². The number of carbonyl (C=O) groups excluding carboxylic acids is 1. The molecule has 1 unspecified atom stereocenters.